The Kier molecular flexibility index (Phi) is 5.19. The molecule has 1 aromatic rings. The molecule has 0 N–H and O–H groups in total. The Hall–Kier alpha value is -0.830. The highest BCUT2D eigenvalue weighted by atomic mass is 79.9. The third-order valence-electron chi connectivity index (χ3n) is 2.68. The van der Waals surface area contributed by atoms with E-state index in [9.17, 15) is 4.79 Å². The van der Waals surface area contributed by atoms with Crippen LogP contribution in [0.3, 0.4) is 0 Å². The third-order valence-corrected chi connectivity index (χ3v) is 3.14. The summed E-state index contributed by atoms with van der Waals surface area (Å²) in [6.07, 6.45) is 0.965. The molecule has 1 aromatic carbocycles. The van der Waals surface area contributed by atoms with E-state index in [1.54, 1.807) is 4.90 Å². The van der Waals surface area contributed by atoms with Crippen LogP contribution >= 0.6 is 15.9 Å². The average Bonchev–Trinajstić information content (AvgIpc) is 2.23. The fourth-order valence-electron chi connectivity index (χ4n) is 1.79. The van der Waals surface area contributed by atoms with Gasteiger partial charge >= 0.3 is 0 Å². The average molecular weight is 298 g/mol. The fourth-order valence-corrected chi connectivity index (χ4v) is 2.00. The molecule has 1 rings (SSSR count). The van der Waals surface area contributed by atoms with Gasteiger partial charge in [-0.2, -0.15) is 0 Å². The first kappa shape index (κ1) is 14.2. The number of hydrogen-bond donors (Lipinski definition) is 0. The largest absolute Gasteiger partial charge is 0.342 e. The minimum atomic E-state index is 0.102. The predicted octanol–water partition coefficient (Wildman–Crippen LogP) is 3.55. The van der Waals surface area contributed by atoms with Gasteiger partial charge in [0.05, 0.1) is 0 Å². The maximum absolute atomic E-state index is 12.2. The van der Waals surface area contributed by atoms with Crippen LogP contribution in [0.2, 0.25) is 0 Å². The van der Waals surface area contributed by atoms with E-state index in [-0.39, 0.29) is 5.91 Å². The van der Waals surface area contributed by atoms with E-state index in [0.717, 1.165) is 29.7 Å². The molecule has 17 heavy (non-hydrogen) atoms. The molecule has 1 unspecified atom stereocenters. The number of benzene rings is 1. The van der Waals surface area contributed by atoms with Gasteiger partial charge in [-0.25, -0.2) is 0 Å². The third kappa shape index (κ3) is 4.50. The number of carbonyl (C=O) groups excluding carboxylic acids is 1. The number of carbonyl (C=O) groups is 1. The molecule has 0 aliphatic heterocycles. The summed E-state index contributed by atoms with van der Waals surface area (Å²) in [6.45, 7) is 6.90. The van der Waals surface area contributed by atoms with Crippen LogP contribution in [0.5, 0.6) is 0 Å². The molecule has 0 aromatic heterocycles. The van der Waals surface area contributed by atoms with Gasteiger partial charge in [0.25, 0.3) is 5.91 Å². The highest BCUT2D eigenvalue weighted by Crippen LogP contribution is 2.12. The van der Waals surface area contributed by atoms with Crippen molar-refractivity contribution in [3.63, 3.8) is 0 Å². The number of amides is 1. The second-order valence-corrected chi connectivity index (χ2v) is 6.24. The summed E-state index contributed by atoms with van der Waals surface area (Å²) >= 11 is 3.49. The molecule has 0 spiro atoms. The van der Waals surface area contributed by atoms with Crippen LogP contribution in [0.4, 0.5) is 0 Å². The van der Waals surface area contributed by atoms with Crippen molar-refractivity contribution in [1.82, 2.24) is 4.90 Å². The molecule has 0 heterocycles. The van der Waals surface area contributed by atoms with Gasteiger partial charge in [0, 0.05) is 24.0 Å². The second kappa shape index (κ2) is 6.20. The molecule has 2 nitrogen and oxygen atoms in total. The van der Waals surface area contributed by atoms with Gasteiger partial charge in [0.1, 0.15) is 0 Å². The summed E-state index contributed by atoms with van der Waals surface area (Å²) in [5.74, 6) is 0.102. The van der Waals surface area contributed by atoms with Gasteiger partial charge in [0.15, 0.2) is 0 Å². The van der Waals surface area contributed by atoms with E-state index in [1.807, 2.05) is 33.0 Å². The molecule has 0 aliphatic rings. The van der Waals surface area contributed by atoms with Crippen LogP contribution in [-0.2, 0) is 0 Å². The van der Waals surface area contributed by atoms with Crippen LogP contribution in [0.25, 0.3) is 0 Å². The minimum absolute atomic E-state index is 0.102. The summed E-state index contributed by atoms with van der Waals surface area (Å²) in [5, 5.41) is 0. The zero-order valence-corrected chi connectivity index (χ0v) is 12.5. The zero-order chi connectivity index (χ0) is 13.0. The molecule has 0 bridgehead atoms. The molecular weight excluding hydrogens is 278 g/mol. The lowest BCUT2D eigenvalue weighted by Gasteiger charge is -2.18. The lowest BCUT2D eigenvalue weighted by atomic mass is 10.1. The summed E-state index contributed by atoms with van der Waals surface area (Å²) in [5.41, 5.74) is 3.05. The number of nitrogens with zero attached hydrogens (tertiary/aromatic N) is 1. The number of aryl methyl sites for hydroxylation is 2. The summed E-state index contributed by atoms with van der Waals surface area (Å²) in [4.78, 5) is 14.4. The van der Waals surface area contributed by atoms with Crippen LogP contribution in [-0.4, -0.2) is 29.2 Å². The Labute approximate surface area is 112 Å². The molecule has 0 radical (unpaired) electrons. The van der Waals surface area contributed by atoms with Crippen LogP contribution in [0, 0.1) is 13.8 Å². The number of alkyl halides is 1. The number of rotatable bonds is 4. The van der Waals surface area contributed by atoms with Crippen molar-refractivity contribution in [3.8, 4) is 0 Å². The zero-order valence-electron chi connectivity index (χ0n) is 11.0. The molecule has 0 saturated heterocycles. The van der Waals surface area contributed by atoms with E-state index in [1.165, 1.54) is 0 Å². The molecule has 0 saturated carbocycles. The predicted molar refractivity (Wildman–Crippen MR) is 75.9 cm³/mol. The van der Waals surface area contributed by atoms with Crippen molar-refractivity contribution >= 4 is 21.8 Å². The van der Waals surface area contributed by atoms with Gasteiger partial charge in [-0.15, -0.1) is 0 Å². The van der Waals surface area contributed by atoms with Gasteiger partial charge in [-0.3, -0.25) is 4.79 Å². The molecule has 94 valence electrons. The Bertz CT molecular complexity index is 381. The smallest absolute Gasteiger partial charge is 0.253 e. The van der Waals surface area contributed by atoms with Crippen molar-refractivity contribution in [2.75, 3.05) is 13.6 Å². The molecular formula is C14H20BrNO. The first-order chi connectivity index (χ1) is 7.90. The van der Waals surface area contributed by atoms with Crippen molar-refractivity contribution < 1.29 is 4.79 Å². The SMILES string of the molecule is Cc1cc(C)cc(C(=O)N(C)CCC(C)Br)c1. The van der Waals surface area contributed by atoms with Gasteiger partial charge in [0.2, 0.25) is 0 Å². The first-order valence-corrected chi connectivity index (χ1v) is 6.79. The summed E-state index contributed by atoms with van der Waals surface area (Å²) in [7, 11) is 1.86. The molecule has 1 atom stereocenters. The van der Waals surface area contributed by atoms with Crippen molar-refractivity contribution in [2.24, 2.45) is 0 Å². The van der Waals surface area contributed by atoms with Crippen molar-refractivity contribution in [1.29, 1.82) is 0 Å². The van der Waals surface area contributed by atoms with Crippen LogP contribution in [0.1, 0.15) is 34.8 Å². The topological polar surface area (TPSA) is 20.3 Å². The van der Waals surface area contributed by atoms with E-state index in [2.05, 4.69) is 28.9 Å². The molecule has 0 fully saturated rings. The van der Waals surface area contributed by atoms with Gasteiger partial charge in [-0.05, 0) is 32.4 Å². The van der Waals surface area contributed by atoms with E-state index >= 15 is 0 Å². The highest BCUT2D eigenvalue weighted by molar-refractivity contribution is 9.09. The maximum Gasteiger partial charge on any atom is 0.253 e. The Morgan fingerprint density at radius 2 is 1.82 bits per heavy atom. The highest BCUT2D eigenvalue weighted by Gasteiger charge is 2.12. The lowest BCUT2D eigenvalue weighted by molar-refractivity contribution is 0.0794. The van der Waals surface area contributed by atoms with Crippen molar-refractivity contribution in [3.05, 3.63) is 34.9 Å². The summed E-state index contributed by atoms with van der Waals surface area (Å²) < 4.78 is 0. The first-order valence-electron chi connectivity index (χ1n) is 5.88. The normalized spacial score (nSPS) is 12.3. The molecule has 1 amide bonds. The van der Waals surface area contributed by atoms with Gasteiger partial charge < -0.3 is 4.90 Å². The lowest BCUT2D eigenvalue weighted by Crippen LogP contribution is -2.28. The molecule has 3 heteroatoms. The monoisotopic (exact) mass is 297 g/mol. The number of hydrogen-bond acceptors (Lipinski definition) is 1. The van der Waals surface area contributed by atoms with E-state index < -0.39 is 0 Å². The second-order valence-electron chi connectivity index (χ2n) is 4.67. The van der Waals surface area contributed by atoms with Crippen molar-refractivity contribution in [2.45, 2.75) is 32.0 Å². The number of halogens is 1. The minimum Gasteiger partial charge on any atom is -0.342 e. The van der Waals surface area contributed by atoms with Gasteiger partial charge in [-0.1, -0.05) is 40.0 Å². The standard InChI is InChI=1S/C14H20BrNO/c1-10-7-11(2)9-13(8-10)14(17)16(4)6-5-12(3)15/h7-9,12H,5-6H2,1-4H3. The Balaban J connectivity index is 2.74. The van der Waals surface area contributed by atoms with Crippen LogP contribution < -0.4 is 0 Å². The Morgan fingerprint density at radius 3 is 2.29 bits per heavy atom. The Morgan fingerprint density at radius 1 is 1.29 bits per heavy atom. The van der Waals surface area contributed by atoms with E-state index in [4.69, 9.17) is 0 Å². The van der Waals surface area contributed by atoms with Crippen LogP contribution in [0.15, 0.2) is 18.2 Å². The van der Waals surface area contributed by atoms with E-state index in [0.29, 0.717) is 4.83 Å². The molecule has 0 aliphatic carbocycles. The summed E-state index contributed by atoms with van der Waals surface area (Å²) in [6, 6.07) is 5.98. The quantitative estimate of drug-likeness (QED) is 0.778. The maximum atomic E-state index is 12.2. The fraction of sp³-hybridized carbons (Fsp3) is 0.500.